The number of rotatable bonds is 42. The van der Waals surface area contributed by atoms with Crippen molar-refractivity contribution in [3.63, 3.8) is 0 Å². The van der Waals surface area contributed by atoms with Gasteiger partial charge in [0.15, 0.2) is 0 Å². The molecule has 0 unspecified atom stereocenters. The van der Waals surface area contributed by atoms with E-state index in [1.165, 1.54) is 62.0 Å². The number of aliphatic hydroxyl groups excluding tert-OH is 5. The average molecular weight is 1960 g/mol. The fourth-order valence-corrected chi connectivity index (χ4v) is 14.5. The Morgan fingerprint density at radius 1 is 0.310 bits per heavy atom. The summed E-state index contributed by atoms with van der Waals surface area (Å²) in [5, 5.41) is 83.2. The maximum atomic E-state index is 12.4. The van der Waals surface area contributed by atoms with Crippen LogP contribution >= 0.6 is 0 Å². The standard InChI is InChI=1S/C24H29N5O3.C23H27N5O3.C22H25N5O2.C21H22N4O3.C19H18N4O2/c1-4-32-22-14-19-18(13-20(22)27-23(31)11-8-12-29(2)3)24(26-16-25-19)28-21(15-30)17-9-6-5-7-10-17;1-4-22(30)26-19-12-17-18(13-21(19)31-11-10-28(2)3)24-15-25-23(17)27-20(14-29)16-8-6-5-7-9-16;1-27(2)12-6-9-21(29)25-17-10-11-19-18(13-17)22(24-15-23-19)26-20(14-28)16-7-4-3-5-8-16;1-3-20(27)24-17-10-15-16(11-19(17)28-4-2)22-13-23-21(15)25-18(12-26)14-8-6-5-7-9-14;1-2-18(25)22-14-8-9-16-15(10-14)19(21-12-20-16)23-17(11-24)13-6-4-3-5-7-13/h5-11,13-14,16,21,30H,4,12,15H2,1-3H3,(H,27,31)(H,25,26,28);4-9,12-13,15,20,29H,1,10-11,14H2,2-3H3,(H,26,30)(H,24,25,27);3-11,13,15,20,28H,12,14H2,1-2H3,(H,25,29)(H,23,24,26);3,5-11,13,18,26H,1,4,12H2,2H3,(H,24,27)(H,22,23,25);2-10,12,17,24H,1,11H2,(H,22,25)(H,20,21,23)/b11-8+;;9-6+;;/t21-;2*20-;18-;17-/m11111/s1. The van der Waals surface area contributed by atoms with Gasteiger partial charge in [0.25, 0.3) is 0 Å². The van der Waals surface area contributed by atoms with Gasteiger partial charge in [-0.3, -0.25) is 24.0 Å². The van der Waals surface area contributed by atoms with E-state index >= 15 is 0 Å². The minimum absolute atomic E-state index is 0.0807. The van der Waals surface area contributed by atoms with Crippen LogP contribution in [0.25, 0.3) is 54.5 Å². The first-order valence-corrected chi connectivity index (χ1v) is 46.5. The number of aromatic nitrogens is 10. The van der Waals surface area contributed by atoms with Crippen molar-refractivity contribution in [2.24, 2.45) is 0 Å². The second kappa shape index (κ2) is 56.5. The number of carbonyl (C=O) groups is 5. The Bertz CT molecular complexity index is 6860. The van der Waals surface area contributed by atoms with Crippen molar-refractivity contribution in [1.82, 2.24) is 64.5 Å². The molecule has 0 saturated heterocycles. The molecule has 5 amide bonds. The summed E-state index contributed by atoms with van der Waals surface area (Å²) in [5.41, 5.74) is 10.9. The molecule has 15 aromatic rings. The third kappa shape index (κ3) is 32.5. The van der Waals surface area contributed by atoms with Crippen molar-refractivity contribution < 1.29 is 63.7 Å². The van der Waals surface area contributed by atoms with Gasteiger partial charge in [-0.25, -0.2) is 49.8 Å². The first kappa shape index (κ1) is 108. The van der Waals surface area contributed by atoms with Crippen LogP contribution in [0, 0.1) is 0 Å². The van der Waals surface area contributed by atoms with Crippen LogP contribution in [0.3, 0.4) is 0 Å². The molecule has 0 spiro atoms. The number of hydrogen-bond donors (Lipinski definition) is 15. The minimum Gasteiger partial charge on any atom is -0.492 e. The van der Waals surface area contributed by atoms with Gasteiger partial charge in [-0.2, -0.15) is 0 Å². The summed E-state index contributed by atoms with van der Waals surface area (Å²) in [4.78, 5) is 109. The molecule has 36 heteroatoms. The van der Waals surface area contributed by atoms with Gasteiger partial charge in [0.1, 0.15) is 84.6 Å². The van der Waals surface area contributed by atoms with Gasteiger partial charge in [-0.1, -0.05) is 184 Å². The highest BCUT2D eigenvalue weighted by molar-refractivity contribution is 6.07. The normalized spacial score (nSPS) is 12.0. The second-order valence-electron chi connectivity index (χ2n) is 33.0. The first-order valence-electron chi connectivity index (χ1n) is 46.5. The van der Waals surface area contributed by atoms with Gasteiger partial charge in [-0.15, -0.1) is 0 Å². The summed E-state index contributed by atoms with van der Waals surface area (Å²) >= 11 is 0. The number of benzene rings is 10. The van der Waals surface area contributed by atoms with E-state index in [2.05, 4.69) is 123 Å². The van der Waals surface area contributed by atoms with Crippen LogP contribution in [-0.4, -0.2) is 234 Å². The van der Waals surface area contributed by atoms with E-state index in [-0.39, 0.29) is 92.8 Å². The molecule has 0 fully saturated rings. The van der Waals surface area contributed by atoms with E-state index in [1.807, 2.05) is 235 Å². The van der Waals surface area contributed by atoms with Crippen molar-refractivity contribution in [3.8, 4) is 17.2 Å². The quantitative estimate of drug-likeness (QED) is 0.0158. The molecule has 0 aliphatic carbocycles. The lowest BCUT2D eigenvalue weighted by Gasteiger charge is -2.19. The number of fused-ring (bicyclic) bond motifs is 5. The Balaban J connectivity index is 0.000000173. The summed E-state index contributed by atoms with van der Waals surface area (Å²) in [6.45, 7) is 17.1. The van der Waals surface area contributed by atoms with E-state index < -0.39 is 0 Å². The van der Waals surface area contributed by atoms with Crippen LogP contribution in [0.4, 0.5) is 57.5 Å². The van der Waals surface area contributed by atoms with E-state index in [0.717, 1.165) is 56.2 Å². The van der Waals surface area contributed by atoms with Crippen molar-refractivity contribution in [3.05, 3.63) is 346 Å². The lowest BCUT2D eigenvalue weighted by molar-refractivity contribution is -0.112. The van der Waals surface area contributed by atoms with Gasteiger partial charge in [0.2, 0.25) is 29.5 Å². The molecule has 0 radical (unpaired) electrons. The van der Waals surface area contributed by atoms with Gasteiger partial charge in [-0.05, 0) is 157 Å². The molecule has 0 bridgehead atoms. The number of hydrogen-bond acceptors (Lipinski definition) is 31. The molecular weight excluding hydrogens is 1840 g/mol. The summed E-state index contributed by atoms with van der Waals surface area (Å²) in [6.07, 6.45) is 17.5. The number of carbonyl (C=O) groups excluding carboxylic acids is 5. The molecule has 15 N–H and O–H groups in total. The molecule has 5 aromatic heterocycles. The number of nitrogens with one attached hydrogen (secondary N) is 10. The maximum absolute atomic E-state index is 12.4. The molecule has 0 saturated carbocycles. The van der Waals surface area contributed by atoms with Crippen LogP contribution in [0.5, 0.6) is 17.2 Å². The van der Waals surface area contributed by atoms with Gasteiger partial charge in [0.05, 0.1) is 121 Å². The third-order valence-electron chi connectivity index (χ3n) is 21.7. The van der Waals surface area contributed by atoms with Crippen LogP contribution in [-0.2, 0) is 24.0 Å². The Morgan fingerprint density at radius 2 is 0.566 bits per heavy atom. The second-order valence-corrected chi connectivity index (χ2v) is 33.0. The van der Waals surface area contributed by atoms with Crippen molar-refractivity contribution in [2.45, 2.75) is 44.1 Å². The lowest BCUT2D eigenvalue weighted by atomic mass is 10.1. The first-order chi connectivity index (χ1) is 70.4. The summed E-state index contributed by atoms with van der Waals surface area (Å²) in [7, 11) is 11.7. The average Bonchev–Trinajstić information content (AvgIpc) is 0.795. The number of ether oxygens (including phenoxy) is 3. The van der Waals surface area contributed by atoms with Gasteiger partial charge >= 0.3 is 0 Å². The SMILES string of the molecule is C=CC(=O)Nc1cc2c(N[C@H](CO)c3ccccc3)ncnc2cc1OCC.C=CC(=O)Nc1cc2c(N[C@H](CO)c3ccccc3)ncnc2cc1OCCN(C)C.C=CC(=O)Nc1ccc2ncnc(N[C@H](CO)c3ccccc3)c2c1.CCOc1cc2ncnc(N[C@H](CO)c3ccccc3)c2cc1NC(=O)/C=C/CN(C)C.CN(C)C/C=C/C(=O)Nc1ccc2ncnc(N[C@H](CO)c3ccccc3)c2c1. The molecule has 5 heterocycles. The van der Waals surface area contributed by atoms with Crippen molar-refractivity contribution in [2.75, 3.05) is 168 Å². The molecule has 15 rings (SSSR count). The van der Waals surface area contributed by atoms with E-state index in [1.54, 1.807) is 72.8 Å². The Hall–Kier alpha value is -17.0. The monoisotopic (exact) mass is 1960 g/mol. The van der Waals surface area contributed by atoms with E-state index in [4.69, 9.17) is 14.2 Å². The maximum Gasteiger partial charge on any atom is 0.248 e. The zero-order valence-corrected chi connectivity index (χ0v) is 81.9. The molecule has 0 aliphatic rings. The molecule has 750 valence electrons. The molecule has 0 aliphatic heterocycles. The number of nitrogens with zero attached hydrogens (tertiary/aromatic N) is 13. The third-order valence-corrected chi connectivity index (χ3v) is 21.7. The molecular formula is C109H121N23O13. The highest BCUT2D eigenvalue weighted by Crippen LogP contribution is 2.39. The fourth-order valence-electron chi connectivity index (χ4n) is 14.5. The number of likely N-dealkylation sites (N-methyl/N-ethyl adjacent to an activating group) is 3. The van der Waals surface area contributed by atoms with Gasteiger partial charge in [0, 0.05) is 88.3 Å². The van der Waals surface area contributed by atoms with Crippen LogP contribution in [0.1, 0.15) is 71.9 Å². The number of amides is 5. The summed E-state index contributed by atoms with van der Waals surface area (Å²) < 4.78 is 17.3. The van der Waals surface area contributed by atoms with Crippen molar-refractivity contribution >= 4 is 142 Å². The van der Waals surface area contributed by atoms with Crippen LogP contribution in [0.2, 0.25) is 0 Å². The van der Waals surface area contributed by atoms with Gasteiger partial charge < -0.3 is 108 Å². The molecule has 145 heavy (non-hydrogen) atoms. The van der Waals surface area contributed by atoms with Crippen LogP contribution < -0.4 is 67.4 Å². The van der Waals surface area contributed by atoms with E-state index in [0.29, 0.717) is 140 Å². The Kier molecular flexibility index (Phi) is 42.2. The van der Waals surface area contributed by atoms with Crippen LogP contribution in [0.15, 0.2) is 318 Å². The highest BCUT2D eigenvalue weighted by Gasteiger charge is 2.24. The molecule has 36 nitrogen and oxygen atoms in total. The summed E-state index contributed by atoms with van der Waals surface area (Å²) in [6, 6.07) is 68.0. The smallest absolute Gasteiger partial charge is 0.248 e. The fraction of sp³-hybridized carbons (Fsp3) is 0.220. The Morgan fingerprint density at radius 3 is 0.834 bits per heavy atom. The zero-order chi connectivity index (χ0) is 103. The largest absolute Gasteiger partial charge is 0.492 e. The highest BCUT2D eigenvalue weighted by atomic mass is 16.5. The number of aliphatic hydroxyl groups is 5. The molecule has 5 atom stereocenters. The minimum atomic E-state index is -0.347. The zero-order valence-electron chi connectivity index (χ0n) is 81.9. The van der Waals surface area contributed by atoms with Crippen molar-refractivity contribution in [1.29, 1.82) is 0 Å². The predicted molar refractivity (Wildman–Crippen MR) is 573 cm³/mol. The lowest BCUT2D eigenvalue weighted by Crippen LogP contribution is -2.20. The summed E-state index contributed by atoms with van der Waals surface area (Å²) in [5.74, 6) is 2.94. The number of anilines is 10. The molecule has 10 aromatic carbocycles. The Labute approximate surface area is 840 Å². The topological polar surface area (TPSA) is 473 Å². The van der Waals surface area contributed by atoms with E-state index in [9.17, 15) is 49.5 Å². The predicted octanol–water partition coefficient (Wildman–Crippen LogP) is 15.1.